The standard InChI is InChI=1S/C16H19BrN4O3/c1-9(2)13(8-22)20-14-12(17)7-18-16(21-14)19-11-5-3-10(4-6-11)15(23)24/h3-7,9,13,22H,8H2,1-2H3,(H,23,24)(H2,18,19,20,21)/t13-/m0/s1. The largest absolute Gasteiger partial charge is 0.478 e. The van der Waals surface area contributed by atoms with Crippen molar-refractivity contribution in [1.82, 2.24) is 9.97 Å². The highest BCUT2D eigenvalue weighted by atomic mass is 79.9. The summed E-state index contributed by atoms with van der Waals surface area (Å²) >= 11 is 3.39. The van der Waals surface area contributed by atoms with E-state index in [1.54, 1.807) is 18.3 Å². The lowest BCUT2D eigenvalue weighted by Gasteiger charge is -2.21. The van der Waals surface area contributed by atoms with Gasteiger partial charge in [0.2, 0.25) is 5.95 Å². The third-order valence-electron chi connectivity index (χ3n) is 3.46. The number of aliphatic hydroxyl groups excluding tert-OH is 1. The molecule has 4 N–H and O–H groups in total. The number of rotatable bonds is 7. The Hall–Kier alpha value is -2.19. The summed E-state index contributed by atoms with van der Waals surface area (Å²) in [7, 11) is 0. The molecule has 0 spiro atoms. The van der Waals surface area contributed by atoms with E-state index in [2.05, 4.69) is 36.5 Å². The molecule has 0 aliphatic heterocycles. The molecule has 0 amide bonds. The van der Waals surface area contributed by atoms with Crippen LogP contribution in [0.4, 0.5) is 17.5 Å². The Morgan fingerprint density at radius 2 is 1.96 bits per heavy atom. The average molecular weight is 395 g/mol. The smallest absolute Gasteiger partial charge is 0.335 e. The second-order valence-corrected chi connectivity index (χ2v) is 6.43. The SMILES string of the molecule is CC(C)[C@H](CO)Nc1nc(Nc2ccc(C(=O)O)cc2)ncc1Br. The Balaban J connectivity index is 2.16. The first-order chi connectivity index (χ1) is 11.4. The van der Waals surface area contributed by atoms with Crippen LogP contribution < -0.4 is 10.6 Å². The van der Waals surface area contributed by atoms with Crippen molar-refractivity contribution < 1.29 is 15.0 Å². The number of nitrogens with zero attached hydrogens (tertiary/aromatic N) is 2. The Bertz CT molecular complexity index is 707. The van der Waals surface area contributed by atoms with Gasteiger partial charge in [0.1, 0.15) is 5.82 Å². The molecule has 0 saturated heterocycles. The second-order valence-electron chi connectivity index (χ2n) is 5.58. The summed E-state index contributed by atoms with van der Waals surface area (Å²) in [6.45, 7) is 4.01. The summed E-state index contributed by atoms with van der Waals surface area (Å²) in [5, 5.41) is 24.5. The minimum absolute atomic E-state index is 0.00643. The maximum atomic E-state index is 10.9. The first-order valence-corrected chi connectivity index (χ1v) is 8.20. The van der Waals surface area contributed by atoms with Gasteiger partial charge < -0.3 is 20.8 Å². The van der Waals surface area contributed by atoms with Crippen LogP contribution in [0, 0.1) is 5.92 Å². The summed E-state index contributed by atoms with van der Waals surface area (Å²) < 4.78 is 0.688. The summed E-state index contributed by atoms with van der Waals surface area (Å²) in [5.74, 6) is 0.195. The van der Waals surface area contributed by atoms with Gasteiger partial charge in [-0.3, -0.25) is 0 Å². The van der Waals surface area contributed by atoms with Crippen molar-refractivity contribution in [1.29, 1.82) is 0 Å². The van der Waals surface area contributed by atoms with E-state index in [0.717, 1.165) is 0 Å². The van der Waals surface area contributed by atoms with E-state index < -0.39 is 5.97 Å². The van der Waals surface area contributed by atoms with Gasteiger partial charge >= 0.3 is 5.97 Å². The number of hydrogen-bond donors (Lipinski definition) is 4. The summed E-state index contributed by atoms with van der Waals surface area (Å²) in [5.41, 5.74) is 0.887. The van der Waals surface area contributed by atoms with Crippen molar-refractivity contribution in [3.63, 3.8) is 0 Å². The third kappa shape index (κ3) is 4.65. The van der Waals surface area contributed by atoms with Crippen LogP contribution in [0.25, 0.3) is 0 Å². The maximum absolute atomic E-state index is 10.9. The molecule has 7 nitrogen and oxygen atoms in total. The molecule has 0 bridgehead atoms. The van der Waals surface area contributed by atoms with Crippen LogP contribution in [0.3, 0.4) is 0 Å². The fourth-order valence-corrected chi connectivity index (χ4v) is 2.26. The van der Waals surface area contributed by atoms with E-state index in [0.29, 0.717) is 21.9 Å². The molecule has 1 heterocycles. The first-order valence-electron chi connectivity index (χ1n) is 7.41. The highest BCUT2D eigenvalue weighted by Gasteiger charge is 2.15. The van der Waals surface area contributed by atoms with E-state index in [9.17, 15) is 9.90 Å². The third-order valence-corrected chi connectivity index (χ3v) is 4.04. The number of carbonyl (C=O) groups is 1. The number of nitrogens with one attached hydrogen (secondary N) is 2. The molecule has 0 unspecified atom stereocenters. The highest BCUT2D eigenvalue weighted by molar-refractivity contribution is 9.10. The van der Waals surface area contributed by atoms with Crippen LogP contribution in [0.5, 0.6) is 0 Å². The fourth-order valence-electron chi connectivity index (χ4n) is 1.95. The second kappa shape index (κ2) is 8.07. The molecule has 1 aromatic heterocycles. The molecule has 24 heavy (non-hydrogen) atoms. The molecule has 0 aliphatic carbocycles. The van der Waals surface area contributed by atoms with E-state index in [-0.39, 0.29) is 24.1 Å². The van der Waals surface area contributed by atoms with Gasteiger partial charge in [0.15, 0.2) is 0 Å². The molecular formula is C16H19BrN4O3. The van der Waals surface area contributed by atoms with Gasteiger partial charge in [-0.15, -0.1) is 0 Å². The van der Waals surface area contributed by atoms with Crippen LogP contribution in [-0.2, 0) is 0 Å². The van der Waals surface area contributed by atoms with Crippen molar-refractivity contribution in [3.8, 4) is 0 Å². The zero-order chi connectivity index (χ0) is 17.7. The van der Waals surface area contributed by atoms with Crippen LogP contribution in [0.15, 0.2) is 34.9 Å². The van der Waals surface area contributed by atoms with Crippen molar-refractivity contribution in [2.45, 2.75) is 19.9 Å². The lowest BCUT2D eigenvalue weighted by molar-refractivity contribution is 0.0697. The van der Waals surface area contributed by atoms with Crippen LogP contribution in [0.2, 0.25) is 0 Å². The van der Waals surface area contributed by atoms with Crippen molar-refractivity contribution in [3.05, 3.63) is 40.5 Å². The van der Waals surface area contributed by atoms with E-state index in [1.807, 2.05) is 13.8 Å². The summed E-state index contributed by atoms with van der Waals surface area (Å²) in [4.78, 5) is 19.4. The molecule has 2 aromatic rings. The topological polar surface area (TPSA) is 107 Å². The number of carboxylic acids is 1. The van der Waals surface area contributed by atoms with Crippen LogP contribution >= 0.6 is 15.9 Å². The van der Waals surface area contributed by atoms with Crippen molar-refractivity contribution >= 4 is 39.4 Å². The Kier molecular flexibility index (Phi) is 6.10. The number of aromatic carboxylic acids is 1. The van der Waals surface area contributed by atoms with Crippen molar-refractivity contribution in [2.24, 2.45) is 5.92 Å². The number of benzene rings is 1. The normalized spacial score (nSPS) is 12.0. The zero-order valence-corrected chi connectivity index (χ0v) is 14.9. The molecule has 128 valence electrons. The van der Waals surface area contributed by atoms with Gasteiger partial charge in [0.25, 0.3) is 0 Å². The zero-order valence-electron chi connectivity index (χ0n) is 13.3. The highest BCUT2D eigenvalue weighted by Crippen LogP contribution is 2.23. The Morgan fingerprint density at radius 3 is 2.50 bits per heavy atom. The molecule has 2 rings (SSSR count). The summed E-state index contributed by atoms with van der Waals surface area (Å²) in [6.07, 6.45) is 1.61. The van der Waals surface area contributed by atoms with Gasteiger partial charge in [-0.05, 0) is 46.1 Å². The number of carboxylic acid groups (broad SMARTS) is 1. The molecule has 1 atom stereocenters. The molecule has 0 fully saturated rings. The fraction of sp³-hybridized carbons (Fsp3) is 0.312. The minimum atomic E-state index is -0.975. The molecule has 0 radical (unpaired) electrons. The van der Waals surface area contributed by atoms with Gasteiger partial charge in [0, 0.05) is 11.9 Å². The Labute approximate surface area is 148 Å². The van der Waals surface area contributed by atoms with E-state index in [4.69, 9.17) is 5.11 Å². The monoisotopic (exact) mass is 394 g/mol. The average Bonchev–Trinajstić information content (AvgIpc) is 2.55. The predicted octanol–water partition coefficient (Wildman–Crippen LogP) is 3.11. The molecule has 0 aliphatic rings. The maximum Gasteiger partial charge on any atom is 0.335 e. The predicted molar refractivity (Wildman–Crippen MR) is 95.8 cm³/mol. The molecule has 1 aromatic carbocycles. The van der Waals surface area contributed by atoms with Gasteiger partial charge in [-0.25, -0.2) is 9.78 Å². The number of halogens is 1. The summed E-state index contributed by atoms with van der Waals surface area (Å²) in [6, 6.07) is 6.17. The van der Waals surface area contributed by atoms with Crippen LogP contribution in [-0.4, -0.2) is 38.8 Å². The molecular weight excluding hydrogens is 376 g/mol. The number of aromatic nitrogens is 2. The van der Waals surface area contributed by atoms with Gasteiger partial charge in [-0.2, -0.15) is 4.98 Å². The Morgan fingerprint density at radius 1 is 1.29 bits per heavy atom. The van der Waals surface area contributed by atoms with E-state index in [1.165, 1.54) is 12.1 Å². The lowest BCUT2D eigenvalue weighted by Crippen LogP contribution is -2.30. The quantitative estimate of drug-likeness (QED) is 0.571. The minimum Gasteiger partial charge on any atom is -0.478 e. The van der Waals surface area contributed by atoms with Crippen molar-refractivity contribution in [2.75, 3.05) is 17.2 Å². The van der Waals surface area contributed by atoms with Crippen LogP contribution in [0.1, 0.15) is 24.2 Å². The number of aliphatic hydroxyl groups is 1. The van der Waals surface area contributed by atoms with E-state index >= 15 is 0 Å². The molecule has 8 heteroatoms. The first kappa shape index (κ1) is 18.2. The number of hydrogen-bond acceptors (Lipinski definition) is 6. The number of anilines is 3. The lowest BCUT2D eigenvalue weighted by atomic mass is 10.1. The van der Waals surface area contributed by atoms with Gasteiger partial charge in [-0.1, -0.05) is 13.8 Å². The van der Waals surface area contributed by atoms with Gasteiger partial charge in [0.05, 0.1) is 22.7 Å². The molecule has 0 saturated carbocycles.